The molecule has 2 bridgehead atoms. The average molecular weight is 266 g/mol. The molecule has 4 unspecified atom stereocenters. The van der Waals surface area contributed by atoms with Gasteiger partial charge >= 0.3 is 6.09 Å². The van der Waals surface area contributed by atoms with Crippen LogP contribution in [-0.4, -0.2) is 55.2 Å². The first-order valence-corrected chi connectivity index (χ1v) is 6.17. The van der Waals surface area contributed by atoms with E-state index in [-0.39, 0.29) is 37.2 Å². The van der Waals surface area contributed by atoms with Gasteiger partial charge in [-0.15, -0.1) is 0 Å². The number of fused-ring (bicyclic) bond motifs is 5. The van der Waals surface area contributed by atoms with Crippen LogP contribution in [0.15, 0.2) is 12.2 Å². The van der Waals surface area contributed by atoms with Crippen molar-refractivity contribution in [3.8, 4) is 0 Å². The molecule has 3 amide bonds. The van der Waals surface area contributed by atoms with Gasteiger partial charge in [-0.1, -0.05) is 12.2 Å². The first-order valence-electron chi connectivity index (χ1n) is 6.17. The minimum absolute atomic E-state index is 0.000211. The fraction of sp³-hybridized carbons (Fsp3) is 0.583. The van der Waals surface area contributed by atoms with Gasteiger partial charge in [0.05, 0.1) is 30.6 Å². The standard InChI is InChI=1S/C12H14N2O5/c1-13-12(17)18-5-4-14-10(15)8-6-2-3-7(19-6)9(8)11(14)16/h2-3,6-9H,4-5H2,1H3,(H,13,17). The number of carbonyl (C=O) groups is 3. The zero-order valence-electron chi connectivity index (χ0n) is 10.4. The number of alkyl carbamates (subject to hydrolysis) is 1. The van der Waals surface area contributed by atoms with Gasteiger partial charge in [0.1, 0.15) is 6.61 Å². The van der Waals surface area contributed by atoms with Crippen molar-refractivity contribution in [2.75, 3.05) is 20.2 Å². The number of nitrogens with zero attached hydrogens (tertiary/aromatic N) is 1. The van der Waals surface area contributed by atoms with Crippen LogP contribution in [0.3, 0.4) is 0 Å². The lowest BCUT2D eigenvalue weighted by Crippen LogP contribution is -2.37. The monoisotopic (exact) mass is 266 g/mol. The van der Waals surface area contributed by atoms with Crippen molar-refractivity contribution in [2.45, 2.75) is 12.2 Å². The fourth-order valence-corrected chi connectivity index (χ4v) is 2.89. The molecule has 1 N–H and O–H groups in total. The third-order valence-electron chi connectivity index (χ3n) is 3.75. The van der Waals surface area contributed by atoms with Gasteiger partial charge < -0.3 is 14.8 Å². The minimum atomic E-state index is -0.579. The topological polar surface area (TPSA) is 84.9 Å². The van der Waals surface area contributed by atoms with Gasteiger partial charge in [-0.2, -0.15) is 0 Å². The number of nitrogens with one attached hydrogen (secondary N) is 1. The number of imide groups is 1. The van der Waals surface area contributed by atoms with Gasteiger partial charge in [-0.05, 0) is 0 Å². The fourth-order valence-electron chi connectivity index (χ4n) is 2.89. The highest BCUT2D eigenvalue weighted by Gasteiger charge is 2.60. The highest BCUT2D eigenvalue weighted by molar-refractivity contribution is 6.06. The largest absolute Gasteiger partial charge is 0.448 e. The third-order valence-corrected chi connectivity index (χ3v) is 3.75. The van der Waals surface area contributed by atoms with E-state index in [9.17, 15) is 14.4 Å². The number of rotatable bonds is 3. The molecular weight excluding hydrogens is 252 g/mol. The molecule has 0 radical (unpaired) electrons. The maximum atomic E-state index is 12.2. The lowest BCUT2D eigenvalue weighted by atomic mass is 9.85. The Hall–Kier alpha value is -1.89. The molecule has 3 aliphatic heterocycles. The van der Waals surface area contributed by atoms with Crippen LogP contribution < -0.4 is 5.32 Å². The van der Waals surface area contributed by atoms with Crippen LogP contribution in [0.1, 0.15) is 0 Å². The minimum Gasteiger partial charge on any atom is -0.448 e. The van der Waals surface area contributed by atoms with Crippen LogP contribution in [-0.2, 0) is 19.1 Å². The molecule has 0 aromatic carbocycles. The van der Waals surface area contributed by atoms with Crippen LogP contribution >= 0.6 is 0 Å². The van der Waals surface area contributed by atoms with E-state index < -0.39 is 17.9 Å². The van der Waals surface area contributed by atoms with Gasteiger partial charge in [0, 0.05) is 7.05 Å². The van der Waals surface area contributed by atoms with Crippen molar-refractivity contribution in [1.82, 2.24) is 10.2 Å². The van der Waals surface area contributed by atoms with E-state index in [1.165, 1.54) is 11.9 Å². The van der Waals surface area contributed by atoms with Gasteiger partial charge in [-0.3, -0.25) is 14.5 Å². The maximum Gasteiger partial charge on any atom is 0.406 e. The normalized spacial score (nSPS) is 34.9. The molecule has 4 atom stereocenters. The smallest absolute Gasteiger partial charge is 0.406 e. The zero-order valence-corrected chi connectivity index (χ0v) is 10.4. The van der Waals surface area contributed by atoms with Gasteiger partial charge in [0.25, 0.3) is 0 Å². The third kappa shape index (κ3) is 1.73. The summed E-state index contributed by atoms with van der Waals surface area (Å²) >= 11 is 0. The van der Waals surface area contributed by atoms with Gasteiger partial charge in [-0.25, -0.2) is 4.79 Å². The Labute approximate surface area is 109 Å². The lowest BCUT2D eigenvalue weighted by Gasteiger charge is -2.17. The van der Waals surface area contributed by atoms with Crippen molar-refractivity contribution in [3.05, 3.63) is 12.2 Å². The number of ether oxygens (including phenoxy) is 2. The number of hydrogen-bond acceptors (Lipinski definition) is 5. The van der Waals surface area contributed by atoms with Crippen molar-refractivity contribution < 1.29 is 23.9 Å². The van der Waals surface area contributed by atoms with Crippen LogP contribution in [0.25, 0.3) is 0 Å². The van der Waals surface area contributed by atoms with E-state index in [1.807, 2.05) is 12.2 Å². The Morgan fingerprint density at radius 1 is 1.32 bits per heavy atom. The Morgan fingerprint density at radius 3 is 2.42 bits per heavy atom. The second-order valence-electron chi connectivity index (χ2n) is 4.72. The van der Waals surface area contributed by atoms with E-state index >= 15 is 0 Å². The number of likely N-dealkylation sites (tertiary alicyclic amines) is 1. The summed E-state index contributed by atoms with van der Waals surface area (Å²) in [6.07, 6.45) is 2.53. The van der Waals surface area contributed by atoms with Crippen LogP contribution in [0.2, 0.25) is 0 Å². The summed E-state index contributed by atoms with van der Waals surface area (Å²) in [6.45, 7) is 0.0950. The van der Waals surface area contributed by atoms with Crippen molar-refractivity contribution in [2.24, 2.45) is 11.8 Å². The van der Waals surface area contributed by atoms with Crippen LogP contribution in [0.4, 0.5) is 4.79 Å². The molecule has 2 fully saturated rings. The molecule has 3 heterocycles. The average Bonchev–Trinajstić information content (AvgIpc) is 3.07. The Kier molecular flexibility index (Phi) is 2.78. The van der Waals surface area contributed by atoms with Gasteiger partial charge in [0.2, 0.25) is 11.8 Å². The molecule has 0 spiro atoms. The first-order chi connectivity index (χ1) is 9.13. The van der Waals surface area contributed by atoms with Crippen LogP contribution in [0.5, 0.6) is 0 Å². The molecule has 3 aliphatic rings. The molecule has 0 saturated carbocycles. The highest BCUT2D eigenvalue weighted by Crippen LogP contribution is 2.44. The van der Waals surface area contributed by atoms with Crippen molar-refractivity contribution >= 4 is 17.9 Å². The molecule has 102 valence electrons. The highest BCUT2D eigenvalue weighted by atomic mass is 16.5. The van der Waals surface area contributed by atoms with E-state index in [4.69, 9.17) is 9.47 Å². The number of hydrogen-bond donors (Lipinski definition) is 1. The molecule has 7 nitrogen and oxygen atoms in total. The van der Waals surface area contributed by atoms with E-state index in [1.54, 1.807) is 0 Å². The summed E-state index contributed by atoms with van der Waals surface area (Å²) in [6, 6.07) is 0. The quantitative estimate of drug-likeness (QED) is 0.538. The predicted octanol–water partition coefficient (Wildman–Crippen LogP) is -0.719. The van der Waals surface area contributed by atoms with Crippen molar-refractivity contribution in [1.29, 1.82) is 0 Å². The van der Waals surface area contributed by atoms with E-state index in [0.29, 0.717) is 0 Å². The zero-order chi connectivity index (χ0) is 13.6. The molecule has 19 heavy (non-hydrogen) atoms. The molecule has 0 aromatic heterocycles. The Balaban J connectivity index is 1.64. The number of carbonyl (C=O) groups excluding carboxylic acids is 3. The molecule has 3 rings (SSSR count). The Morgan fingerprint density at radius 2 is 1.89 bits per heavy atom. The molecule has 7 heteroatoms. The first kappa shape index (κ1) is 12.2. The second kappa shape index (κ2) is 4.34. The lowest BCUT2D eigenvalue weighted by molar-refractivity contribution is -0.142. The molecule has 0 aromatic rings. The summed E-state index contributed by atoms with van der Waals surface area (Å²) in [5, 5.41) is 2.30. The summed E-state index contributed by atoms with van der Waals surface area (Å²) in [4.78, 5) is 36.4. The van der Waals surface area contributed by atoms with Crippen LogP contribution in [0, 0.1) is 11.8 Å². The predicted molar refractivity (Wildman–Crippen MR) is 61.9 cm³/mol. The summed E-state index contributed by atoms with van der Waals surface area (Å²) in [7, 11) is 1.44. The van der Waals surface area contributed by atoms with Crippen molar-refractivity contribution in [3.63, 3.8) is 0 Å². The summed E-state index contributed by atoms with van der Waals surface area (Å²) < 4.78 is 10.3. The molecular formula is C12H14N2O5. The van der Waals surface area contributed by atoms with Gasteiger partial charge in [0.15, 0.2) is 0 Å². The second-order valence-corrected chi connectivity index (χ2v) is 4.72. The molecule has 2 saturated heterocycles. The molecule has 0 aliphatic carbocycles. The SMILES string of the molecule is CNC(=O)OCCN1C(=O)C2C3C=CC(O3)C2C1=O. The maximum absolute atomic E-state index is 12.2. The summed E-state index contributed by atoms with van der Waals surface area (Å²) in [5.41, 5.74) is 0. The number of amides is 3. The summed E-state index contributed by atoms with van der Waals surface area (Å²) in [5.74, 6) is -1.26. The Bertz CT molecular complexity index is 445. The van der Waals surface area contributed by atoms with E-state index in [2.05, 4.69) is 5.32 Å². The van der Waals surface area contributed by atoms with E-state index in [0.717, 1.165) is 0 Å².